The highest BCUT2D eigenvalue weighted by atomic mass is 35.5. The molecule has 1 aromatic rings. The lowest BCUT2D eigenvalue weighted by atomic mass is 10.1. The van der Waals surface area contributed by atoms with E-state index >= 15 is 0 Å². The van der Waals surface area contributed by atoms with Gasteiger partial charge in [0.25, 0.3) is 0 Å². The van der Waals surface area contributed by atoms with Gasteiger partial charge in [-0.2, -0.15) is 0 Å². The number of benzene rings is 1. The fourth-order valence-corrected chi connectivity index (χ4v) is 1.82. The summed E-state index contributed by atoms with van der Waals surface area (Å²) < 4.78 is 13.1. The van der Waals surface area contributed by atoms with Crippen molar-refractivity contribution >= 4 is 17.7 Å². The van der Waals surface area contributed by atoms with Gasteiger partial charge in [-0.25, -0.2) is 4.39 Å². The van der Waals surface area contributed by atoms with Crippen molar-refractivity contribution in [2.45, 2.75) is 25.8 Å². The topological polar surface area (TPSA) is 12.0 Å². The minimum Gasteiger partial charge on any atom is -0.310 e. The molecule has 0 unspecified atom stereocenters. The van der Waals surface area contributed by atoms with Crippen LogP contribution < -0.4 is 5.32 Å². The van der Waals surface area contributed by atoms with Gasteiger partial charge in [0.2, 0.25) is 0 Å². The highest BCUT2D eigenvalue weighted by molar-refractivity contribution is 6.30. The molecule has 0 spiro atoms. The third kappa shape index (κ3) is 3.62. The third-order valence-corrected chi connectivity index (χ3v) is 2.76. The van der Waals surface area contributed by atoms with Gasteiger partial charge < -0.3 is 5.32 Å². The molecule has 2 rings (SSSR count). The number of nitrogens with one attached hydrogen (secondary N) is 1. The van der Waals surface area contributed by atoms with Crippen LogP contribution in [0.2, 0.25) is 5.02 Å². The molecular weight excluding hydrogens is 225 g/mol. The average Bonchev–Trinajstić information content (AvgIpc) is 2.96. The summed E-state index contributed by atoms with van der Waals surface area (Å²) in [6.45, 7) is 2.90. The van der Waals surface area contributed by atoms with Gasteiger partial charge >= 0.3 is 0 Å². The van der Waals surface area contributed by atoms with Gasteiger partial charge in [0.15, 0.2) is 0 Å². The van der Waals surface area contributed by atoms with Gasteiger partial charge in [-0.1, -0.05) is 23.3 Å². The maximum Gasteiger partial charge on any atom is 0.125 e. The zero-order chi connectivity index (χ0) is 11.5. The van der Waals surface area contributed by atoms with Gasteiger partial charge in [0.05, 0.1) is 0 Å². The fraction of sp³-hybridized carbons (Fsp3) is 0.385. The van der Waals surface area contributed by atoms with Crippen molar-refractivity contribution in [1.29, 1.82) is 0 Å². The van der Waals surface area contributed by atoms with E-state index in [-0.39, 0.29) is 5.82 Å². The number of hydrogen-bond acceptors (Lipinski definition) is 1. The van der Waals surface area contributed by atoms with Crippen molar-refractivity contribution in [2.24, 2.45) is 0 Å². The second-order valence-electron chi connectivity index (χ2n) is 4.35. The van der Waals surface area contributed by atoms with E-state index in [0.717, 1.165) is 12.1 Å². The van der Waals surface area contributed by atoms with Crippen LogP contribution in [0.1, 0.15) is 25.3 Å². The van der Waals surface area contributed by atoms with Crippen LogP contribution >= 0.6 is 11.6 Å². The first kappa shape index (κ1) is 11.6. The number of halogens is 2. The SMILES string of the molecule is C/C(=C/c1cc(F)cc(Cl)c1)CNC1CC1. The first-order chi connectivity index (χ1) is 7.63. The Morgan fingerprint density at radius 3 is 2.88 bits per heavy atom. The maximum absolute atomic E-state index is 13.1. The molecule has 1 aromatic carbocycles. The first-order valence-corrected chi connectivity index (χ1v) is 5.88. The lowest BCUT2D eigenvalue weighted by Gasteiger charge is -2.03. The summed E-state index contributed by atoms with van der Waals surface area (Å²) in [4.78, 5) is 0. The van der Waals surface area contributed by atoms with Gasteiger partial charge in [-0.3, -0.25) is 0 Å². The van der Waals surface area contributed by atoms with Crippen molar-refractivity contribution < 1.29 is 4.39 Å². The minimum atomic E-state index is -0.290. The molecule has 3 heteroatoms. The standard InChI is InChI=1S/C13H15ClFN/c1-9(8-16-13-2-3-13)4-10-5-11(14)7-12(15)6-10/h4-7,13,16H,2-3,8H2,1H3/b9-4-. The molecule has 0 aromatic heterocycles. The molecule has 1 N–H and O–H groups in total. The van der Waals surface area contributed by atoms with Gasteiger partial charge in [0, 0.05) is 17.6 Å². The van der Waals surface area contributed by atoms with Crippen molar-refractivity contribution in [3.63, 3.8) is 0 Å². The Bertz CT molecular complexity index is 390. The Hall–Kier alpha value is -0.860. The molecule has 16 heavy (non-hydrogen) atoms. The molecule has 1 fully saturated rings. The van der Waals surface area contributed by atoms with E-state index in [0.29, 0.717) is 11.1 Å². The van der Waals surface area contributed by atoms with E-state index in [4.69, 9.17) is 11.6 Å². The second-order valence-corrected chi connectivity index (χ2v) is 4.79. The molecule has 0 heterocycles. The van der Waals surface area contributed by atoms with Crippen LogP contribution in [0.4, 0.5) is 4.39 Å². The molecule has 86 valence electrons. The maximum atomic E-state index is 13.1. The lowest BCUT2D eigenvalue weighted by Crippen LogP contribution is -2.18. The Balaban J connectivity index is 2.01. The molecule has 1 saturated carbocycles. The van der Waals surface area contributed by atoms with E-state index < -0.39 is 0 Å². The Morgan fingerprint density at radius 2 is 2.25 bits per heavy atom. The van der Waals surface area contributed by atoms with E-state index in [1.54, 1.807) is 6.07 Å². The highest BCUT2D eigenvalue weighted by Gasteiger charge is 2.19. The van der Waals surface area contributed by atoms with Crippen molar-refractivity contribution in [1.82, 2.24) is 5.32 Å². The third-order valence-electron chi connectivity index (χ3n) is 2.54. The molecular formula is C13H15ClFN. The Kier molecular flexibility index (Phi) is 3.62. The molecule has 0 radical (unpaired) electrons. The summed E-state index contributed by atoms with van der Waals surface area (Å²) in [5.74, 6) is -0.290. The lowest BCUT2D eigenvalue weighted by molar-refractivity contribution is 0.627. The largest absolute Gasteiger partial charge is 0.310 e. The number of rotatable bonds is 4. The van der Waals surface area contributed by atoms with Crippen LogP contribution in [0.15, 0.2) is 23.8 Å². The average molecular weight is 240 g/mol. The van der Waals surface area contributed by atoms with E-state index in [2.05, 4.69) is 5.32 Å². The summed E-state index contributed by atoms with van der Waals surface area (Å²) in [6.07, 6.45) is 4.52. The smallest absolute Gasteiger partial charge is 0.125 e. The molecule has 0 atom stereocenters. The Labute approximate surface area is 100 Å². The predicted octanol–water partition coefficient (Wildman–Crippen LogP) is 3.63. The zero-order valence-corrected chi connectivity index (χ0v) is 10.0. The summed E-state index contributed by atoms with van der Waals surface area (Å²) >= 11 is 5.79. The van der Waals surface area contributed by atoms with Crippen LogP contribution in [0, 0.1) is 5.82 Å². The molecule has 1 aliphatic rings. The Morgan fingerprint density at radius 1 is 1.50 bits per heavy atom. The molecule has 1 nitrogen and oxygen atoms in total. The molecule has 0 amide bonds. The minimum absolute atomic E-state index is 0.290. The van der Waals surface area contributed by atoms with E-state index in [1.165, 1.54) is 30.5 Å². The summed E-state index contributed by atoms with van der Waals surface area (Å²) in [5.41, 5.74) is 2.01. The molecule has 0 bridgehead atoms. The van der Waals surface area contributed by atoms with Gasteiger partial charge in [-0.05, 0) is 43.5 Å². The van der Waals surface area contributed by atoms with Crippen LogP contribution in [0.3, 0.4) is 0 Å². The monoisotopic (exact) mass is 239 g/mol. The molecule has 0 saturated heterocycles. The van der Waals surface area contributed by atoms with Crippen molar-refractivity contribution in [3.8, 4) is 0 Å². The van der Waals surface area contributed by atoms with E-state index in [1.807, 2.05) is 13.0 Å². The van der Waals surface area contributed by atoms with Crippen LogP contribution in [0.5, 0.6) is 0 Å². The van der Waals surface area contributed by atoms with Crippen LogP contribution in [-0.2, 0) is 0 Å². The highest BCUT2D eigenvalue weighted by Crippen LogP contribution is 2.19. The van der Waals surface area contributed by atoms with Crippen LogP contribution in [0.25, 0.3) is 6.08 Å². The zero-order valence-electron chi connectivity index (χ0n) is 9.26. The fourth-order valence-electron chi connectivity index (χ4n) is 1.59. The summed E-state index contributed by atoms with van der Waals surface area (Å²) in [6, 6.07) is 5.27. The van der Waals surface area contributed by atoms with Crippen molar-refractivity contribution in [3.05, 3.63) is 40.2 Å². The van der Waals surface area contributed by atoms with E-state index in [9.17, 15) is 4.39 Å². The normalized spacial score (nSPS) is 16.6. The molecule has 1 aliphatic carbocycles. The second kappa shape index (κ2) is 4.98. The van der Waals surface area contributed by atoms with Crippen molar-refractivity contribution in [2.75, 3.05) is 6.54 Å². The summed E-state index contributed by atoms with van der Waals surface area (Å²) in [7, 11) is 0. The predicted molar refractivity (Wildman–Crippen MR) is 66.1 cm³/mol. The van der Waals surface area contributed by atoms with Gasteiger partial charge in [-0.15, -0.1) is 0 Å². The first-order valence-electron chi connectivity index (χ1n) is 5.50. The molecule has 0 aliphatic heterocycles. The number of hydrogen-bond donors (Lipinski definition) is 1. The van der Waals surface area contributed by atoms with Crippen LogP contribution in [-0.4, -0.2) is 12.6 Å². The van der Waals surface area contributed by atoms with Gasteiger partial charge in [0.1, 0.15) is 5.82 Å². The summed E-state index contributed by atoms with van der Waals surface area (Å²) in [5, 5.41) is 3.85. The quantitative estimate of drug-likeness (QED) is 0.846.